The van der Waals surface area contributed by atoms with Crippen molar-refractivity contribution in [1.82, 2.24) is 4.98 Å². The van der Waals surface area contributed by atoms with E-state index in [4.69, 9.17) is 5.11 Å². The molecule has 0 saturated heterocycles. The summed E-state index contributed by atoms with van der Waals surface area (Å²) in [6, 6.07) is 2.03. The van der Waals surface area contributed by atoms with Gasteiger partial charge >= 0.3 is 10.8 Å². The summed E-state index contributed by atoms with van der Waals surface area (Å²) in [5.74, 6) is -1.20. The molecule has 0 amide bonds. The van der Waals surface area contributed by atoms with Crippen LogP contribution in [0.2, 0.25) is 0 Å². The Labute approximate surface area is 80.5 Å². The lowest BCUT2D eigenvalue weighted by Crippen LogP contribution is -2.07. The molecule has 1 aromatic heterocycles. The molecule has 0 fully saturated rings. The molecular weight excluding hydrogens is 248 g/mol. The molecule has 1 N–H and O–H groups in total. The molecule has 0 aliphatic rings. The van der Waals surface area contributed by atoms with Gasteiger partial charge in [-0.3, -0.25) is 4.98 Å². The Bertz CT molecular complexity index is 320. The first kappa shape index (κ1) is 10.0. The molecule has 0 aromatic carbocycles. The third-order valence-corrected chi connectivity index (χ3v) is 1.71. The van der Waals surface area contributed by atoms with E-state index < -0.39 is 16.5 Å². The van der Waals surface area contributed by atoms with Crippen LogP contribution in [0.25, 0.3) is 0 Å². The van der Waals surface area contributed by atoms with Crippen molar-refractivity contribution >= 4 is 21.9 Å². The van der Waals surface area contributed by atoms with Crippen LogP contribution in [0.1, 0.15) is 16.1 Å². The van der Waals surface area contributed by atoms with Crippen molar-refractivity contribution in [2.75, 3.05) is 0 Å². The molecule has 70 valence electrons. The van der Waals surface area contributed by atoms with Crippen LogP contribution in [-0.4, -0.2) is 16.1 Å². The first-order chi connectivity index (χ1) is 5.91. The predicted octanol–water partition coefficient (Wildman–Crippen LogP) is 2.22. The number of alkyl halides is 3. The molecule has 0 atom stereocenters. The summed E-state index contributed by atoms with van der Waals surface area (Å²) in [6.45, 7) is 0. The average Bonchev–Trinajstić information content (AvgIpc) is 2.03. The Morgan fingerprint density at radius 3 is 2.46 bits per heavy atom. The molecule has 0 bridgehead atoms. The first-order valence-corrected chi connectivity index (χ1v) is 3.97. The summed E-state index contributed by atoms with van der Waals surface area (Å²) < 4.78 is 25.0. The number of hydrogen-bond donors (Lipinski definition) is 1. The normalized spacial score (nSPS) is 11.3. The average molecular weight is 252 g/mol. The fourth-order valence-corrected chi connectivity index (χ4v) is 0.923. The van der Waals surface area contributed by atoms with E-state index >= 15 is 0 Å². The minimum atomic E-state index is -3.22. The SMILES string of the molecule is O=C(O)c1ccc(C(F)(F)Br)nc1. The van der Waals surface area contributed by atoms with Crippen LogP contribution in [0.15, 0.2) is 18.3 Å². The molecule has 0 saturated carbocycles. The third-order valence-electron chi connectivity index (χ3n) is 1.30. The van der Waals surface area contributed by atoms with Crippen LogP contribution in [-0.2, 0) is 4.83 Å². The van der Waals surface area contributed by atoms with E-state index in [0.29, 0.717) is 0 Å². The van der Waals surface area contributed by atoms with E-state index in [2.05, 4.69) is 20.9 Å². The lowest BCUT2D eigenvalue weighted by atomic mass is 10.2. The smallest absolute Gasteiger partial charge is 0.343 e. The fraction of sp³-hybridized carbons (Fsp3) is 0.143. The number of carboxylic acids is 1. The molecule has 3 nitrogen and oxygen atoms in total. The predicted molar refractivity (Wildman–Crippen MR) is 44.0 cm³/mol. The first-order valence-electron chi connectivity index (χ1n) is 3.18. The molecular formula is C7H4BrF2NO2. The minimum Gasteiger partial charge on any atom is -0.478 e. The number of hydrogen-bond acceptors (Lipinski definition) is 2. The van der Waals surface area contributed by atoms with E-state index in [1.54, 1.807) is 0 Å². The van der Waals surface area contributed by atoms with Gasteiger partial charge in [0.25, 0.3) is 0 Å². The van der Waals surface area contributed by atoms with Crippen LogP contribution >= 0.6 is 15.9 Å². The summed E-state index contributed by atoms with van der Waals surface area (Å²) in [7, 11) is 0. The van der Waals surface area contributed by atoms with Gasteiger partial charge in [0.1, 0.15) is 5.69 Å². The number of rotatable bonds is 2. The highest BCUT2D eigenvalue weighted by Crippen LogP contribution is 2.32. The summed E-state index contributed by atoms with van der Waals surface area (Å²) in [5.41, 5.74) is -0.641. The lowest BCUT2D eigenvalue weighted by Gasteiger charge is -2.06. The van der Waals surface area contributed by atoms with Crippen molar-refractivity contribution < 1.29 is 18.7 Å². The maximum atomic E-state index is 12.5. The topological polar surface area (TPSA) is 50.2 Å². The van der Waals surface area contributed by atoms with Crippen LogP contribution in [0.3, 0.4) is 0 Å². The van der Waals surface area contributed by atoms with Crippen LogP contribution < -0.4 is 0 Å². The van der Waals surface area contributed by atoms with E-state index in [1.165, 1.54) is 0 Å². The largest absolute Gasteiger partial charge is 0.478 e. The second-order valence-electron chi connectivity index (χ2n) is 2.24. The number of carbonyl (C=O) groups is 1. The maximum absolute atomic E-state index is 12.5. The van der Waals surface area contributed by atoms with Gasteiger partial charge in [-0.05, 0) is 28.1 Å². The summed E-state index contributed by atoms with van der Waals surface area (Å²) in [4.78, 5) is 10.4. The molecule has 13 heavy (non-hydrogen) atoms. The Kier molecular flexibility index (Phi) is 2.60. The van der Waals surface area contributed by atoms with Gasteiger partial charge in [-0.25, -0.2) is 4.79 Å². The Morgan fingerprint density at radius 1 is 1.54 bits per heavy atom. The number of aromatic nitrogens is 1. The highest BCUT2D eigenvalue weighted by molar-refractivity contribution is 9.09. The van der Waals surface area contributed by atoms with Crippen molar-refractivity contribution in [2.24, 2.45) is 0 Å². The minimum absolute atomic E-state index is 0.125. The Morgan fingerprint density at radius 2 is 2.15 bits per heavy atom. The molecule has 0 aliphatic heterocycles. The summed E-state index contributed by atoms with van der Waals surface area (Å²) in [5, 5.41) is 8.44. The van der Waals surface area contributed by atoms with E-state index in [0.717, 1.165) is 18.3 Å². The van der Waals surface area contributed by atoms with Gasteiger partial charge in [0.05, 0.1) is 5.56 Å². The van der Waals surface area contributed by atoms with Crippen LogP contribution in [0, 0.1) is 0 Å². The highest BCUT2D eigenvalue weighted by atomic mass is 79.9. The van der Waals surface area contributed by atoms with Crippen molar-refractivity contribution in [2.45, 2.75) is 4.83 Å². The van der Waals surface area contributed by atoms with Gasteiger partial charge in [-0.1, -0.05) is 0 Å². The Hall–Kier alpha value is -1.04. The van der Waals surface area contributed by atoms with Crippen molar-refractivity contribution in [3.63, 3.8) is 0 Å². The van der Waals surface area contributed by atoms with Gasteiger partial charge in [-0.15, -0.1) is 0 Å². The number of nitrogens with zero attached hydrogens (tertiary/aromatic N) is 1. The quantitative estimate of drug-likeness (QED) is 0.821. The third kappa shape index (κ3) is 2.45. The fourth-order valence-electron chi connectivity index (χ4n) is 0.688. The van der Waals surface area contributed by atoms with Crippen LogP contribution in [0.4, 0.5) is 8.78 Å². The molecule has 6 heteroatoms. The van der Waals surface area contributed by atoms with Crippen molar-refractivity contribution in [3.05, 3.63) is 29.6 Å². The lowest BCUT2D eigenvalue weighted by molar-refractivity contribution is 0.0695. The number of carboxylic acid groups (broad SMARTS) is 1. The monoisotopic (exact) mass is 251 g/mol. The Balaban J connectivity index is 3.01. The van der Waals surface area contributed by atoms with Gasteiger partial charge in [0.2, 0.25) is 0 Å². The second kappa shape index (κ2) is 3.37. The zero-order chi connectivity index (χ0) is 10.1. The van der Waals surface area contributed by atoms with E-state index in [9.17, 15) is 13.6 Å². The molecule has 1 heterocycles. The van der Waals surface area contributed by atoms with Crippen molar-refractivity contribution in [3.8, 4) is 0 Å². The van der Waals surface area contributed by atoms with Gasteiger partial charge in [0, 0.05) is 6.20 Å². The molecule has 0 radical (unpaired) electrons. The molecule has 0 unspecified atom stereocenters. The van der Waals surface area contributed by atoms with E-state index in [-0.39, 0.29) is 5.56 Å². The van der Waals surface area contributed by atoms with Gasteiger partial charge < -0.3 is 5.11 Å². The molecule has 0 aliphatic carbocycles. The molecule has 0 spiro atoms. The van der Waals surface area contributed by atoms with E-state index in [1.807, 2.05) is 0 Å². The van der Waals surface area contributed by atoms with Gasteiger partial charge in [-0.2, -0.15) is 8.78 Å². The van der Waals surface area contributed by atoms with Crippen LogP contribution in [0.5, 0.6) is 0 Å². The zero-order valence-electron chi connectivity index (χ0n) is 6.17. The standard InChI is InChI=1S/C7H4BrF2NO2/c8-7(9,10)5-2-1-4(3-11-5)6(12)13/h1-3H,(H,12,13). The number of halogens is 3. The van der Waals surface area contributed by atoms with Gasteiger partial charge in [0.15, 0.2) is 0 Å². The van der Waals surface area contributed by atoms with Crippen molar-refractivity contribution in [1.29, 1.82) is 0 Å². The summed E-state index contributed by atoms with van der Waals surface area (Å²) >= 11 is 2.10. The second-order valence-corrected chi connectivity index (χ2v) is 3.23. The zero-order valence-corrected chi connectivity index (χ0v) is 7.75. The maximum Gasteiger partial charge on any atom is 0.343 e. The molecule has 1 rings (SSSR count). The number of pyridine rings is 1. The number of aromatic carboxylic acids is 1. The summed E-state index contributed by atoms with van der Waals surface area (Å²) in [6.07, 6.45) is 0.882. The molecule has 1 aromatic rings. The highest BCUT2D eigenvalue weighted by Gasteiger charge is 2.28.